The van der Waals surface area contributed by atoms with Crippen molar-refractivity contribution in [2.75, 3.05) is 0 Å². The molecule has 0 atom stereocenters. The fourth-order valence-corrected chi connectivity index (χ4v) is 2.60. The molecule has 114 valence electrons. The van der Waals surface area contributed by atoms with E-state index in [4.69, 9.17) is 21.3 Å². The van der Waals surface area contributed by atoms with Crippen molar-refractivity contribution in [3.05, 3.63) is 69.9 Å². The van der Waals surface area contributed by atoms with Crippen molar-refractivity contribution in [2.24, 2.45) is 0 Å². The van der Waals surface area contributed by atoms with Gasteiger partial charge in [0.1, 0.15) is 0 Å². The minimum atomic E-state index is -0.292. The molecule has 23 heavy (non-hydrogen) atoms. The van der Waals surface area contributed by atoms with Crippen LogP contribution in [0.2, 0.25) is 5.02 Å². The average Bonchev–Trinajstić information content (AvgIpc) is 2.92. The lowest BCUT2D eigenvalue weighted by molar-refractivity contribution is 0.0924. The van der Waals surface area contributed by atoms with Gasteiger partial charge in [0.2, 0.25) is 0 Å². The van der Waals surface area contributed by atoms with Gasteiger partial charge in [-0.15, -0.1) is 0 Å². The number of para-hydroxylation sites is 1. The third-order valence-electron chi connectivity index (χ3n) is 3.66. The molecular weight excluding hydrogens is 312 g/mol. The molecule has 0 aliphatic heterocycles. The Morgan fingerprint density at radius 2 is 2.00 bits per heavy atom. The number of amides is 1. The van der Waals surface area contributed by atoms with E-state index in [1.807, 2.05) is 19.1 Å². The number of halogens is 1. The van der Waals surface area contributed by atoms with Crippen LogP contribution >= 0.6 is 11.6 Å². The van der Waals surface area contributed by atoms with Crippen LogP contribution in [0.3, 0.4) is 0 Å². The van der Waals surface area contributed by atoms with Crippen molar-refractivity contribution in [1.82, 2.24) is 5.32 Å². The smallest absolute Gasteiger partial charge is 0.287 e. The third-order valence-corrected chi connectivity index (χ3v) is 3.96. The van der Waals surface area contributed by atoms with Crippen LogP contribution in [0, 0.1) is 18.3 Å². The molecule has 1 N–H and O–H groups in total. The van der Waals surface area contributed by atoms with Gasteiger partial charge in [0.25, 0.3) is 5.91 Å². The molecule has 0 unspecified atom stereocenters. The summed E-state index contributed by atoms with van der Waals surface area (Å²) in [5.74, 6) is -0.0270. The van der Waals surface area contributed by atoms with Crippen LogP contribution in [-0.4, -0.2) is 5.91 Å². The molecule has 3 rings (SSSR count). The van der Waals surface area contributed by atoms with E-state index < -0.39 is 0 Å². The topological polar surface area (TPSA) is 66.0 Å². The zero-order valence-corrected chi connectivity index (χ0v) is 13.1. The first kappa shape index (κ1) is 15.1. The van der Waals surface area contributed by atoms with E-state index in [2.05, 4.69) is 11.4 Å². The van der Waals surface area contributed by atoms with Crippen LogP contribution in [0.1, 0.15) is 27.2 Å². The molecule has 3 aromatic rings. The van der Waals surface area contributed by atoms with Gasteiger partial charge < -0.3 is 9.73 Å². The molecule has 4 nitrogen and oxygen atoms in total. The minimum absolute atomic E-state index is 0.266. The molecule has 0 fully saturated rings. The lowest BCUT2D eigenvalue weighted by Gasteiger charge is -2.04. The second-order valence-corrected chi connectivity index (χ2v) is 5.57. The second kappa shape index (κ2) is 6.15. The zero-order chi connectivity index (χ0) is 16.4. The van der Waals surface area contributed by atoms with Gasteiger partial charge in [-0.1, -0.05) is 35.9 Å². The van der Waals surface area contributed by atoms with Crippen LogP contribution in [-0.2, 0) is 6.54 Å². The molecule has 0 aliphatic carbocycles. The molecule has 1 amide bonds. The molecule has 5 heteroatoms. The van der Waals surface area contributed by atoms with Gasteiger partial charge >= 0.3 is 0 Å². The number of nitriles is 1. The van der Waals surface area contributed by atoms with Crippen LogP contribution in [0.5, 0.6) is 0 Å². The van der Waals surface area contributed by atoms with Gasteiger partial charge in [0.05, 0.1) is 16.7 Å². The average molecular weight is 325 g/mol. The molecule has 2 aromatic carbocycles. The maximum atomic E-state index is 12.3. The minimum Gasteiger partial charge on any atom is -0.449 e. The second-order valence-electron chi connectivity index (χ2n) is 5.16. The predicted octanol–water partition coefficient (Wildman–Crippen LogP) is 4.20. The van der Waals surface area contributed by atoms with E-state index in [0.717, 1.165) is 16.5 Å². The number of fused-ring (bicyclic) bond motifs is 1. The Bertz CT molecular complexity index is 921. The first-order valence-corrected chi connectivity index (χ1v) is 7.43. The molecule has 0 radical (unpaired) electrons. The normalized spacial score (nSPS) is 10.5. The third kappa shape index (κ3) is 2.92. The Hall–Kier alpha value is -2.77. The van der Waals surface area contributed by atoms with Gasteiger partial charge in [-0.2, -0.15) is 5.26 Å². The standard InChI is InChI=1S/C18H13ClN2O2/c1-11-14-3-2-4-15(19)17(14)23-16(11)18(22)21-10-13-7-5-12(9-20)6-8-13/h2-8H,10H2,1H3,(H,21,22). The van der Waals surface area contributed by atoms with Crippen LogP contribution in [0.15, 0.2) is 46.9 Å². The predicted molar refractivity (Wildman–Crippen MR) is 88.3 cm³/mol. The van der Waals surface area contributed by atoms with Crippen molar-refractivity contribution >= 4 is 28.5 Å². The first-order chi connectivity index (χ1) is 11.1. The number of benzene rings is 2. The molecule has 0 bridgehead atoms. The monoisotopic (exact) mass is 324 g/mol. The number of aryl methyl sites for hydroxylation is 1. The Labute approximate surface area is 138 Å². The van der Waals surface area contributed by atoms with Crippen molar-refractivity contribution in [2.45, 2.75) is 13.5 Å². The summed E-state index contributed by atoms with van der Waals surface area (Å²) in [4.78, 5) is 12.3. The summed E-state index contributed by atoms with van der Waals surface area (Å²) < 4.78 is 5.63. The Morgan fingerprint density at radius 1 is 1.26 bits per heavy atom. The quantitative estimate of drug-likeness (QED) is 0.785. The van der Waals surface area contributed by atoms with Crippen LogP contribution < -0.4 is 5.32 Å². The van der Waals surface area contributed by atoms with Gasteiger partial charge in [-0.3, -0.25) is 4.79 Å². The summed E-state index contributed by atoms with van der Waals surface area (Å²) >= 11 is 6.10. The maximum absolute atomic E-state index is 12.3. The summed E-state index contributed by atoms with van der Waals surface area (Å²) in [7, 11) is 0. The number of carbonyl (C=O) groups is 1. The largest absolute Gasteiger partial charge is 0.449 e. The van der Waals surface area contributed by atoms with E-state index in [0.29, 0.717) is 22.7 Å². The van der Waals surface area contributed by atoms with Gasteiger partial charge in [-0.25, -0.2) is 0 Å². The highest BCUT2D eigenvalue weighted by atomic mass is 35.5. The lowest BCUT2D eigenvalue weighted by Crippen LogP contribution is -2.22. The van der Waals surface area contributed by atoms with Gasteiger partial charge in [-0.05, 0) is 30.7 Å². The molecule has 0 spiro atoms. The number of nitrogens with one attached hydrogen (secondary N) is 1. The number of nitrogens with zero attached hydrogens (tertiary/aromatic N) is 1. The summed E-state index contributed by atoms with van der Waals surface area (Å²) in [5, 5.41) is 12.9. The Kier molecular flexibility index (Phi) is 4.05. The molecule has 1 aromatic heterocycles. The lowest BCUT2D eigenvalue weighted by atomic mass is 10.1. The molecule has 0 saturated carbocycles. The van der Waals surface area contributed by atoms with Crippen molar-refractivity contribution < 1.29 is 9.21 Å². The van der Waals surface area contributed by atoms with Crippen LogP contribution in [0.25, 0.3) is 11.0 Å². The van der Waals surface area contributed by atoms with E-state index in [9.17, 15) is 4.79 Å². The summed E-state index contributed by atoms with van der Waals surface area (Å²) in [5.41, 5.74) is 2.78. The number of furan rings is 1. The van der Waals surface area contributed by atoms with E-state index in [1.54, 1.807) is 30.3 Å². The highest BCUT2D eigenvalue weighted by Gasteiger charge is 2.18. The highest BCUT2D eigenvalue weighted by Crippen LogP contribution is 2.30. The van der Waals surface area contributed by atoms with Gasteiger partial charge in [0.15, 0.2) is 11.3 Å². The SMILES string of the molecule is Cc1c(C(=O)NCc2ccc(C#N)cc2)oc2c(Cl)cccc12. The van der Waals surface area contributed by atoms with Crippen molar-refractivity contribution in [1.29, 1.82) is 5.26 Å². The Balaban J connectivity index is 1.79. The van der Waals surface area contributed by atoms with Crippen molar-refractivity contribution in [3.8, 4) is 6.07 Å². The van der Waals surface area contributed by atoms with Gasteiger partial charge in [0, 0.05) is 17.5 Å². The maximum Gasteiger partial charge on any atom is 0.287 e. The fraction of sp³-hybridized carbons (Fsp3) is 0.111. The number of carbonyl (C=O) groups excluding carboxylic acids is 1. The van der Waals surface area contributed by atoms with Crippen molar-refractivity contribution in [3.63, 3.8) is 0 Å². The zero-order valence-electron chi connectivity index (χ0n) is 12.4. The Morgan fingerprint density at radius 3 is 2.65 bits per heavy atom. The molecular formula is C18H13ClN2O2. The van der Waals surface area contributed by atoms with E-state index in [1.165, 1.54) is 0 Å². The fourth-order valence-electron chi connectivity index (χ4n) is 2.39. The molecule has 1 heterocycles. The summed E-state index contributed by atoms with van der Waals surface area (Å²) in [6.45, 7) is 2.19. The number of rotatable bonds is 3. The van der Waals surface area contributed by atoms with E-state index in [-0.39, 0.29) is 11.7 Å². The number of hydrogen-bond acceptors (Lipinski definition) is 3. The summed E-state index contributed by atoms with van der Waals surface area (Å²) in [6.07, 6.45) is 0. The van der Waals surface area contributed by atoms with Crippen LogP contribution in [0.4, 0.5) is 0 Å². The summed E-state index contributed by atoms with van der Waals surface area (Å²) in [6, 6.07) is 14.5. The molecule has 0 aliphatic rings. The first-order valence-electron chi connectivity index (χ1n) is 7.05. The molecule has 0 saturated heterocycles. The highest BCUT2D eigenvalue weighted by molar-refractivity contribution is 6.35. The van der Waals surface area contributed by atoms with E-state index >= 15 is 0 Å². The number of hydrogen-bond donors (Lipinski definition) is 1.